The van der Waals surface area contributed by atoms with Crippen LogP contribution >= 0.6 is 0 Å². The van der Waals surface area contributed by atoms with E-state index in [4.69, 9.17) is 0 Å². The van der Waals surface area contributed by atoms with Gasteiger partial charge in [-0.1, -0.05) is 6.92 Å². The van der Waals surface area contributed by atoms with Gasteiger partial charge in [-0.25, -0.2) is 9.97 Å². The van der Waals surface area contributed by atoms with Gasteiger partial charge in [0.05, 0.1) is 0 Å². The summed E-state index contributed by atoms with van der Waals surface area (Å²) < 4.78 is 37.8. The van der Waals surface area contributed by atoms with Gasteiger partial charge in [-0.3, -0.25) is 4.90 Å². The van der Waals surface area contributed by atoms with Crippen LogP contribution in [0.1, 0.15) is 19.5 Å². The van der Waals surface area contributed by atoms with Crippen LogP contribution in [0.2, 0.25) is 0 Å². The molecule has 0 aromatic carbocycles. The Kier molecular flexibility index (Phi) is 3.93. The smallest absolute Gasteiger partial charge is 0.338 e. The third-order valence-corrected chi connectivity index (χ3v) is 3.39. The number of nitrogens with zero attached hydrogens (tertiary/aromatic N) is 4. The average Bonchev–Trinajstić information content (AvgIpc) is 2.38. The van der Waals surface area contributed by atoms with Crippen molar-refractivity contribution in [2.45, 2.75) is 26.1 Å². The molecule has 0 radical (unpaired) electrons. The molecule has 19 heavy (non-hydrogen) atoms. The first-order chi connectivity index (χ1) is 8.91. The highest BCUT2D eigenvalue weighted by Gasteiger charge is 2.33. The fraction of sp³-hybridized carbons (Fsp3) is 0.667. The van der Waals surface area contributed by atoms with Crippen molar-refractivity contribution in [3.05, 3.63) is 18.0 Å². The SMILES string of the molecule is CCN1CCN(c2nccc(C(F)(F)F)n2)C[C@H]1C. The Bertz CT molecular complexity index is 435. The maximum Gasteiger partial charge on any atom is 0.433 e. The number of rotatable bonds is 2. The predicted octanol–water partition coefficient (Wildman–Crippen LogP) is 2.03. The third kappa shape index (κ3) is 3.15. The summed E-state index contributed by atoms with van der Waals surface area (Å²) in [6.45, 7) is 7.20. The second-order valence-electron chi connectivity index (χ2n) is 4.66. The summed E-state index contributed by atoms with van der Waals surface area (Å²) in [6, 6.07) is 1.19. The molecule has 0 unspecified atom stereocenters. The van der Waals surface area contributed by atoms with Crippen molar-refractivity contribution in [3.8, 4) is 0 Å². The van der Waals surface area contributed by atoms with Gasteiger partial charge in [0, 0.05) is 31.9 Å². The van der Waals surface area contributed by atoms with Crippen molar-refractivity contribution >= 4 is 5.95 Å². The van der Waals surface area contributed by atoms with Crippen LogP contribution in [-0.2, 0) is 6.18 Å². The Hall–Kier alpha value is -1.37. The van der Waals surface area contributed by atoms with Gasteiger partial charge in [-0.2, -0.15) is 13.2 Å². The van der Waals surface area contributed by atoms with Crippen LogP contribution in [0.4, 0.5) is 19.1 Å². The molecule has 0 saturated carbocycles. The van der Waals surface area contributed by atoms with Crippen LogP contribution in [0.15, 0.2) is 12.3 Å². The van der Waals surface area contributed by atoms with Gasteiger partial charge in [-0.15, -0.1) is 0 Å². The first kappa shape index (κ1) is 14.0. The van der Waals surface area contributed by atoms with Crippen LogP contribution in [0, 0.1) is 0 Å². The van der Waals surface area contributed by atoms with Gasteiger partial charge in [-0.05, 0) is 19.5 Å². The number of aromatic nitrogens is 2. The maximum atomic E-state index is 12.6. The Morgan fingerprint density at radius 1 is 1.37 bits per heavy atom. The third-order valence-electron chi connectivity index (χ3n) is 3.39. The molecule has 1 aliphatic rings. The molecule has 1 atom stereocenters. The Labute approximate surface area is 110 Å². The Morgan fingerprint density at radius 3 is 2.68 bits per heavy atom. The van der Waals surface area contributed by atoms with E-state index in [1.807, 2.05) is 4.90 Å². The summed E-state index contributed by atoms with van der Waals surface area (Å²) in [5.74, 6) is 0.164. The second-order valence-corrected chi connectivity index (χ2v) is 4.66. The zero-order valence-electron chi connectivity index (χ0n) is 11.0. The van der Waals surface area contributed by atoms with E-state index >= 15 is 0 Å². The summed E-state index contributed by atoms with van der Waals surface area (Å²) in [7, 11) is 0. The number of likely N-dealkylation sites (N-methyl/N-ethyl adjacent to an activating group) is 1. The fourth-order valence-corrected chi connectivity index (χ4v) is 2.31. The molecule has 1 saturated heterocycles. The minimum Gasteiger partial charge on any atom is -0.338 e. The molecule has 1 aromatic rings. The highest BCUT2D eigenvalue weighted by molar-refractivity contribution is 5.32. The van der Waals surface area contributed by atoms with E-state index in [-0.39, 0.29) is 12.0 Å². The molecule has 0 amide bonds. The van der Waals surface area contributed by atoms with Gasteiger partial charge in [0.15, 0.2) is 0 Å². The molecule has 4 nitrogen and oxygen atoms in total. The van der Waals surface area contributed by atoms with E-state index in [9.17, 15) is 13.2 Å². The highest BCUT2D eigenvalue weighted by atomic mass is 19.4. The zero-order chi connectivity index (χ0) is 14.0. The van der Waals surface area contributed by atoms with Gasteiger partial charge in [0.25, 0.3) is 0 Å². The second kappa shape index (κ2) is 5.32. The normalized spacial score (nSPS) is 21.7. The number of hydrogen-bond acceptors (Lipinski definition) is 4. The summed E-state index contributed by atoms with van der Waals surface area (Å²) in [5.41, 5.74) is -0.886. The minimum atomic E-state index is -4.42. The van der Waals surface area contributed by atoms with Crippen LogP contribution < -0.4 is 4.90 Å². The van der Waals surface area contributed by atoms with Crippen LogP contribution in [0.3, 0.4) is 0 Å². The fourth-order valence-electron chi connectivity index (χ4n) is 2.31. The van der Waals surface area contributed by atoms with Gasteiger partial charge >= 0.3 is 6.18 Å². The van der Waals surface area contributed by atoms with Crippen LogP contribution in [0.25, 0.3) is 0 Å². The molecule has 1 fully saturated rings. The molecular weight excluding hydrogens is 257 g/mol. The Balaban J connectivity index is 2.15. The lowest BCUT2D eigenvalue weighted by Crippen LogP contribution is -2.52. The topological polar surface area (TPSA) is 32.3 Å². The lowest BCUT2D eigenvalue weighted by molar-refractivity contribution is -0.141. The quantitative estimate of drug-likeness (QED) is 0.826. The molecule has 1 aliphatic heterocycles. The van der Waals surface area contributed by atoms with E-state index in [1.165, 1.54) is 6.20 Å². The number of halogens is 3. The number of hydrogen-bond donors (Lipinski definition) is 0. The summed E-state index contributed by atoms with van der Waals surface area (Å²) in [4.78, 5) is 11.7. The van der Waals surface area contributed by atoms with Crippen molar-refractivity contribution in [3.63, 3.8) is 0 Å². The standard InChI is InChI=1S/C12H17F3N4/c1-3-18-6-7-19(8-9(18)2)11-16-5-4-10(17-11)12(13,14)15/h4-5,9H,3,6-8H2,1-2H3/t9-/m1/s1. The number of alkyl halides is 3. The van der Waals surface area contributed by atoms with E-state index in [0.717, 1.165) is 19.2 Å². The van der Waals surface area contributed by atoms with Crippen molar-refractivity contribution < 1.29 is 13.2 Å². The summed E-state index contributed by atoms with van der Waals surface area (Å²) in [5, 5.41) is 0. The summed E-state index contributed by atoms with van der Waals surface area (Å²) in [6.07, 6.45) is -3.25. The minimum absolute atomic E-state index is 0.164. The maximum absolute atomic E-state index is 12.6. The highest BCUT2D eigenvalue weighted by Crippen LogP contribution is 2.28. The largest absolute Gasteiger partial charge is 0.433 e. The van der Waals surface area contributed by atoms with Gasteiger partial charge in [0.2, 0.25) is 5.95 Å². The molecule has 7 heteroatoms. The van der Waals surface area contributed by atoms with Crippen molar-refractivity contribution in [2.24, 2.45) is 0 Å². The van der Waals surface area contributed by atoms with Crippen molar-refractivity contribution in [1.29, 1.82) is 0 Å². The van der Waals surface area contributed by atoms with E-state index in [2.05, 4.69) is 28.7 Å². The first-order valence-corrected chi connectivity index (χ1v) is 6.31. The summed E-state index contributed by atoms with van der Waals surface area (Å²) >= 11 is 0. The first-order valence-electron chi connectivity index (χ1n) is 6.31. The van der Waals surface area contributed by atoms with Crippen molar-refractivity contribution in [1.82, 2.24) is 14.9 Å². The molecule has 2 rings (SSSR count). The molecule has 2 heterocycles. The molecular formula is C12H17F3N4. The lowest BCUT2D eigenvalue weighted by Gasteiger charge is -2.39. The van der Waals surface area contributed by atoms with E-state index in [0.29, 0.717) is 13.1 Å². The monoisotopic (exact) mass is 274 g/mol. The van der Waals surface area contributed by atoms with Crippen LogP contribution in [-0.4, -0.2) is 47.1 Å². The molecule has 0 spiro atoms. The molecule has 106 valence electrons. The molecule has 0 aliphatic carbocycles. The Morgan fingerprint density at radius 2 is 2.11 bits per heavy atom. The zero-order valence-corrected chi connectivity index (χ0v) is 11.0. The average molecular weight is 274 g/mol. The van der Waals surface area contributed by atoms with Crippen LogP contribution in [0.5, 0.6) is 0 Å². The molecule has 1 aromatic heterocycles. The number of anilines is 1. The van der Waals surface area contributed by atoms with Gasteiger partial charge in [0.1, 0.15) is 5.69 Å². The van der Waals surface area contributed by atoms with E-state index < -0.39 is 11.9 Å². The molecule has 0 bridgehead atoms. The van der Waals surface area contributed by atoms with Crippen molar-refractivity contribution in [2.75, 3.05) is 31.1 Å². The van der Waals surface area contributed by atoms with Gasteiger partial charge < -0.3 is 4.90 Å². The predicted molar refractivity (Wildman–Crippen MR) is 66.0 cm³/mol. The van der Waals surface area contributed by atoms with E-state index in [1.54, 1.807) is 0 Å². The molecule has 0 N–H and O–H groups in total. The lowest BCUT2D eigenvalue weighted by atomic mass is 10.2. The number of piperazine rings is 1.